The van der Waals surface area contributed by atoms with Crippen LogP contribution < -0.4 is 10.6 Å². The van der Waals surface area contributed by atoms with Gasteiger partial charge in [-0.2, -0.15) is 0 Å². The van der Waals surface area contributed by atoms with Crippen LogP contribution in [-0.2, 0) is 16.0 Å². The van der Waals surface area contributed by atoms with E-state index in [4.69, 9.17) is 0 Å². The summed E-state index contributed by atoms with van der Waals surface area (Å²) in [6, 6.07) is 15.2. The van der Waals surface area contributed by atoms with Gasteiger partial charge in [0.25, 0.3) is 0 Å². The Hall–Kier alpha value is -2.66. The Balaban J connectivity index is 1.83. The van der Waals surface area contributed by atoms with Gasteiger partial charge in [-0.05, 0) is 62.8 Å². The highest BCUT2D eigenvalue weighted by molar-refractivity contribution is 5.93. The molecule has 2 N–H and O–H groups in total. The molecular weight excluding hydrogens is 314 g/mol. The van der Waals surface area contributed by atoms with Crippen LogP contribution in [-0.4, -0.2) is 37.4 Å². The summed E-state index contributed by atoms with van der Waals surface area (Å²) >= 11 is 0. The first kappa shape index (κ1) is 18.7. The van der Waals surface area contributed by atoms with Gasteiger partial charge in [-0.25, -0.2) is 0 Å². The van der Waals surface area contributed by atoms with Crippen LogP contribution in [0.1, 0.15) is 17.5 Å². The van der Waals surface area contributed by atoms with Gasteiger partial charge in [0.1, 0.15) is 0 Å². The molecule has 5 heteroatoms. The van der Waals surface area contributed by atoms with Gasteiger partial charge in [-0.3, -0.25) is 9.59 Å². The summed E-state index contributed by atoms with van der Waals surface area (Å²) in [7, 11) is 3.68. The van der Waals surface area contributed by atoms with Crippen LogP contribution in [0.5, 0.6) is 0 Å². The zero-order chi connectivity index (χ0) is 18.2. The second-order valence-corrected chi connectivity index (χ2v) is 6.34. The molecule has 0 radical (unpaired) electrons. The maximum Gasteiger partial charge on any atom is 0.238 e. The van der Waals surface area contributed by atoms with Crippen LogP contribution in [0.2, 0.25) is 0 Å². The second kappa shape index (κ2) is 8.99. The minimum atomic E-state index is -0.0694. The van der Waals surface area contributed by atoms with Gasteiger partial charge >= 0.3 is 0 Å². The fourth-order valence-electron chi connectivity index (χ4n) is 2.49. The minimum absolute atomic E-state index is 0.0207. The maximum absolute atomic E-state index is 12.1. The molecular formula is C20H25N3O2. The number of likely N-dealkylation sites (N-methyl/N-ethyl adjacent to an activating group) is 1. The lowest BCUT2D eigenvalue weighted by molar-refractivity contribution is -0.117. The van der Waals surface area contributed by atoms with Gasteiger partial charge < -0.3 is 15.5 Å². The Morgan fingerprint density at radius 2 is 1.44 bits per heavy atom. The molecule has 0 aromatic heterocycles. The van der Waals surface area contributed by atoms with Gasteiger partial charge in [0, 0.05) is 17.8 Å². The van der Waals surface area contributed by atoms with E-state index in [2.05, 4.69) is 23.6 Å². The molecule has 2 rings (SSSR count). The number of benzene rings is 2. The first-order valence-electron chi connectivity index (χ1n) is 8.33. The quantitative estimate of drug-likeness (QED) is 0.815. The van der Waals surface area contributed by atoms with Gasteiger partial charge in [-0.15, -0.1) is 0 Å². The van der Waals surface area contributed by atoms with Crippen molar-refractivity contribution in [1.29, 1.82) is 0 Å². The molecule has 2 amide bonds. The molecule has 132 valence electrons. The number of aryl methyl sites for hydroxylation is 2. The van der Waals surface area contributed by atoms with Crippen LogP contribution in [0, 0.1) is 6.92 Å². The summed E-state index contributed by atoms with van der Waals surface area (Å²) in [5.74, 6) is -0.0901. The number of amides is 2. The summed E-state index contributed by atoms with van der Waals surface area (Å²) in [5.41, 5.74) is 3.83. The summed E-state index contributed by atoms with van der Waals surface area (Å²) in [5, 5.41) is 5.70. The van der Waals surface area contributed by atoms with Crippen molar-refractivity contribution in [1.82, 2.24) is 4.90 Å². The number of rotatable bonds is 7. The topological polar surface area (TPSA) is 61.4 Å². The van der Waals surface area contributed by atoms with E-state index in [1.54, 1.807) is 29.2 Å². The smallest absolute Gasteiger partial charge is 0.238 e. The molecule has 0 aliphatic heterocycles. The molecule has 0 fully saturated rings. The molecule has 25 heavy (non-hydrogen) atoms. The van der Waals surface area contributed by atoms with Crippen LogP contribution in [0.4, 0.5) is 11.4 Å². The third-order valence-electron chi connectivity index (χ3n) is 3.79. The predicted octanol–water partition coefficient (Wildman–Crippen LogP) is 3.07. The third kappa shape index (κ3) is 6.39. The second-order valence-electron chi connectivity index (χ2n) is 6.34. The lowest BCUT2D eigenvalue weighted by Gasteiger charge is -2.11. The molecule has 0 heterocycles. The minimum Gasteiger partial charge on any atom is -0.326 e. The fraction of sp³-hybridized carbons (Fsp3) is 0.300. The summed E-state index contributed by atoms with van der Waals surface area (Å²) in [6.07, 6.45) is 1.16. The van der Waals surface area contributed by atoms with Crippen LogP contribution in [0.3, 0.4) is 0 Å². The molecule has 5 nitrogen and oxygen atoms in total. The molecule has 0 saturated heterocycles. The molecule has 0 saturated carbocycles. The summed E-state index contributed by atoms with van der Waals surface area (Å²) < 4.78 is 0. The highest BCUT2D eigenvalue weighted by Crippen LogP contribution is 2.15. The number of carbonyl (C=O) groups excluding carboxylic acids is 2. The van der Waals surface area contributed by atoms with E-state index in [0.29, 0.717) is 18.7 Å². The monoisotopic (exact) mass is 339 g/mol. The number of hydrogen-bond donors (Lipinski definition) is 2. The molecule has 0 aliphatic carbocycles. The van der Waals surface area contributed by atoms with E-state index < -0.39 is 0 Å². The van der Waals surface area contributed by atoms with Crippen molar-refractivity contribution < 1.29 is 9.59 Å². The number of nitrogens with one attached hydrogen (secondary N) is 2. The Bertz CT molecular complexity index is 724. The van der Waals surface area contributed by atoms with E-state index in [-0.39, 0.29) is 11.8 Å². The van der Waals surface area contributed by atoms with E-state index >= 15 is 0 Å². The molecule has 2 aromatic rings. The predicted molar refractivity (Wildman–Crippen MR) is 102 cm³/mol. The molecule has 0 atom stereocenters. The number of nitrogens with zero attached hydrogens (tertiary/aromatic N) is 1. The number of carbonyl (C=O) groups is 2. The first-order chi connectivity index (χ1) is 11.9. The SMILES string of the molecule is Cc1ccccc1CCC(=O)Nc1ccc(NC(=O)CN(C)C)cc1. The van der Waals surface area contributed by atoms with E-state index in [0.717, 1.165) is 12.1 Å². The van der Waals surface area contributed by atoms with Crippen molar-refractivity contribution in [2.24, 2.45) is 0 Å². The Kier molecular flexibility index (Phi) is 6.71. The fourth-order valence-corrected chi connectivity index (χ4v) is 2.49. The van der Waals surface area contributed by atoms with Crippen LogP contribution >= 0.6 is 0 Å². The molecule has 0 unspecified atom stereocenters. The van der Waals surface area contributed by atoms with Gasteiger partial charge in [0.2, 0.25) is 11.8 Å². The van der Waals surface area contributed by atoms with Crippen molar-refractivity contribution in [3.8, 4) is 0 Å². The first-order valence-corrected chi connectivity index (χ1v) is 8.33. The zero-order valence-corrected chi connectivity index (χ0v) is 15.0. The molecule has 0 aliphatic rings. The summed E-state index contributed by atoms with van der Waals surface area (Å²) in [6.45, 7) is 2.38. The average Bonchev–Trinajstić information content (AvgIpc) is 2.55. The van der Waals surface area contributed by atoms with Gasteiger partial charge in [0.05, 0.1) is 6.54 Å². The van der Waals surface area contributed by atoms with Crippen molar-refractivity contribution in [2.75, 3.05) is 31.3 Å². The summed E-state index contributed by atoms with van der Waals surface area (Å²) in [4.78, 5) is 25.6. The molecule has 0 bridgehead atoms. The molecule has 0 spiro atoms. The highest BCUT2D eigenvalue weighted by atomic mass is 16.2. The van der Waals surface area contributed by atoms with Crippen molar-refractivity contribution in [2.45, 2.75) is 19.8 Å². The highest BCUT2D eigenvalue weighted by Gasteiger charge is 2.06. The zero-order valence-electron chi connectivity index (χ0n) is 15.0. The van der Waals surface area contributed by atoms with Crippen molar-refractivity contribution in [3.05, 3.63) is 59.7 Å². The van der Waals surface area contributed by atoms with Gasteiger partial charge in [0.15, 0.2) is 0 Å². The van der Waals surface area contributed by atoms with Crippen molar-refractivity contribution >= 4 is 23.2 Å². The van der Waals surface area contributed by atoms with Crippen LogP contribution in [0.25, 0.3) is 0 Å². The number of anilines is 2. The Morgan fingerprint density at radius 1 is 0.880 bits per heavy atom. The largest absolute Gasteiger partial charge is 0.326 e. The number of hydrogen-bond acceptors (Lipinski definition) is 3. The van der Waals surface area contributed by atoms with E-state index in [1.165, 1.54) is 11.1 Å². The molecule has 2 aromatic carbocycles. The lowest BCUT2D eigenvalue weighted by Crippen LogP contribution is -2.27. The average molecular weight is 339 g/mol. The standard InChI is InChI=1S/C20H25N3O2/c1-15-6-4-5-7-16(15)8-13-19(24)21-17-9-11-18(12-10-17)22-20(25)14-23(2)3/h4-7,9-12H,8,13-14H2,1-3H3,(H,21,24)(H,22,25). The maximum atomic E-state index is 12.1. The van der Waals surface area contributed by atoms with E-state index in [1.807, 2.05) is 32.3 Å². The third-order valence-corrected chi connectivity index (χ3v) is 3.79. The van der Waals surface area contributed by atoms with Crippen LogP contribution in [0.15, 0.2) is 48.5 Å². The Morgan fingerprint density at radius 3 is 2.00 bits per heavy atom. The van der Waals surface area contributed by atoms with Gasteiger partial charge in [-0.1, -0.05) is 24.3 Å². The normalized spacial score (nSPS) is 10.6. The van der Waals surface area contributed by atoms with Crippen molar-refractivity contribution in [3.63, 3.8) is 0 Å². The Labute approximate surface area is 149 Å². The lowest BCUT2D eigenvalue weighted by atomic mass is 10.0. The van der Waals surface area contributed by atoms with E-state index in [9.17, 15) is 9.59 Å².